The average Bonchev–Trinajstić information content (AvgIpc) is 2.33. The number of rotatable bonds is 3. The van der Waals surface area contributed by atoms with Gasteiger partial charge in [0.15, 0.2) is 0 Å². The van der Waals surface area contributed by atoms with Crippen LogP contribution in [-0.4, -0.2) is 42.3 Å². The molecule has 1 aromatic rings. The second-order valence-electron chi connectivity index (χ2n) is 3.94. The summed E-state index contributed by atoms with van der Waals surface area (Å²) in [6.45, 7) is 2.22. The number of ether oxygens (including phenoxy) is 1. The molecule has 0 amide bonds. The van der Waals surface area contributed by atoms with Crippen molar-refractivity contribution < 1.29 is 19.0 Å². The van der Waals surface area contributed by atoms with Crippen LogP contribution in [0.3, 0.4) is 0 Å². The number of carboxylic acid groups (broad SMARTS) is 1. The number of morpholine rings is 1. The van der Waals surface area contributed by atoms with Crippen LogP contribution < -0.4 is 0 Å². The van der Waals surface area contributed by atoms with Gasteiger partial charge in [-0.3, -0.25) is 9.69 Å². The zero-order chi connectivity index (χ0) is 12.3. The fourth-order valence-corrected chi connectivity index (χ4v) is 1.99. The van der Waals surface area contributed by atoms with E-state index in [-0.39, 0.29) is 5.82 Å². The third-order valence-electron chi connectivity index (χ3n) is 2.83. The first kappa shape index (κ1) is 12.0. The summed E-state index contributed by atoms with van der Waals surface area (Å²) in [5, 5.41) is 9.27. The van der Waals surface area contributed by atoms with Crippen LogP contribution in [0.15, 0.2) is 24.3 Å². The number of hydrogen-bond acceptors (Lipinski definition) is 3. The zero-order valence-electron chi connectivity index (χ0n) is 9.30. The van der Waals surface area contributed by atoms with Gasteiger partial charge in [0.1, 0.15) is 11.9 Å². The third kappa shape index (κ3) is 2.81. The second-order valence-corrected chi connectivity index (χ2v) is 3.94. The lowest BCUT2D eigenvalue weighted by Crippen LogP contribution is -2.42. The highest BCUT2D eigenvalue weighted by Crippen LogP contribution is 2.22. The average molecular weight is 239 g/mol. The minimum atomic E-state index is -0.918. The molecular formula is C12H14FNO3. The molecule has 1 aromatic carbocycles. The minimum absolute atomic E-state index is 0.361. The molecule has 0 spiro atoms. The number of hydrogen-bond donors (Lipinski definition) is 1. The molecule has 1 saturated heterocycles. The molecule has 92 valence electrons. The van der Waals surface area contributed by atoms with E-state index in [0.717, 1.165) is 0 Å². The molecule has 0 bridgehead atoms. The lowest BCUT2D eigenvalue weighted by Gasteiger charge is -2.32. The predicted molar refractivity (Wildman–Crippen MR) is 59.2 cm³/mol. The van der Waals surface area contributed by atoms with Gasteiger partial charge in [-0.1, -0.05) is 12.1 Å². The van der Waals surface area contributed by atoms with Crippen molar-refractivity contribution in [2.75, 3.05) is 26.3 Å². The predicted octanol–water partition coefficient (Wildman–Crippen LogP) is 1.28. The Morgan fingerprint density at radius 1 is 1.29 bits per heavy atom. The maximum absolute atomic E-state index is 12.8. The number of benzene rings is 1. The molecular weight excluding hydrogens is 225 g/mol. The first-order valence-electron chi connectivity index (χ1n) is 5.48. The molecule has 1 atom stereocenters. The largest absolute Gasteiger partial charge is 0.480 e. The highest BCUT2D eigenvalue weighted by molar-refractivity contribution is 5.75. The van der Waals surface area contributed by atoms with Crippen molar-refractivity contribution in [1.29, 1.82) is 0 Å². The molecule has 0 unspecified atom stereocenters. The molecule has 1 aliphatic heterocycles. The Kier molecular flexibility index (Phi) is 3.71. The second kappa shape index (κ2) is 5.25. The van der Waals surface area contributed by atoms with Crippen LogP contribution in [-0.2, 0) is 9.53 Å². The highest BCUT2D eigenvalue weighted by Gasteiger charge is 2.28. The molecule has 1 heterocycles. The van der Waals surface area contributed by atoms with Gasteiger partial charge in [0.2, 0.25) is 0 Å². The molecule has 1 fully saturated rings. The Labute approximate surface area is 98.6 Å². The Bertz CT molecular complexity index is 387. The maximum atomic E-state index is 12.8. The van der Waals surface area contributed by atoms with Gasteiger partial charge in [0.25, 0.3) is 0 Å². The van der Waals surface area contributed by atoms with Gasteiger partial charge in [-0.25, -0.2) is 4.39 Å². The van der Waals surface area contributed by atoms with Gasteiger partial charge in [0, 0.05) is 13.1 Å². The summed E-state index contributed by atoms with van der Waals surface area (Å²) in [5.41, 5.74) is 0.598. The van der Waals surface area contributed by atoms with E-state index < -0.39 is 12.0 Å². The smallest absolute Gasteiger partial charge is 0.325 e. The maximum Gasteiger partial charge on any atom is 0.325 e. The van der Waals surface area contributed by atoms with Gasteiger partial charge in [-0.05, 0) is 17.7 Å². The summed E-state index contributed by atoms with van der Waals surface area (Å²) >= 11 is 0. The van der Waals surface area contributed by atoms with E-state index in [1.54, 1.807) is 0 Å². The van der Waals surface area contributed by atoms with E-state index in [4.69, 9.17) is 4.74 Å². The number of aliphatic carboxylic acids is 1. The summed E-state index contributed by atoms with van der Waals surface area (Å²) in [5.74, 6) is -1.28. The first-order chi connectivity index (χ1) is 8.18. The van der Waals surface area contributed by atoms with Crippen LogP contribution >= 0.6 is 0 Å². The molecule has 0 saturated carbocycles. The topological polar surface area (TPSA) is 49.8 Å². The summed E-state index contributed by atoms with van der Waals surface area (Å²) in [6.07, 6.45) is 0. The molecule has 0 aliphatic carbocycles. The molecule has 2 rings (SSSR count). The molecule has 1 N–H and O–H groups in total. The Morgan fingerprint density at radius 2 is 1.88 bits per heavy atom. The summed E-state index contributed by atoms with van der Waals surface area (Å²) in [6, 6.07) is 4.88. The third-order valence-corrected chi connectivity index (χ3v) is 2.83. The van der Waals surface area contributed by atoms with E-state index in [9.17, 15) is 14.3 Å². The fraction of sp³-hybridized carbons (Fsp3) is 0.417. The van der Waals surface area contributed by atoms with Gasteiger partial charge >= 0.3 is 5.97 Å². The Hall–Kier alpha value is -1.46. The van der Waals surface area contributed by atoms with Crippen LogP contribution in [0, 0.1) is 5.82 Å². The van der Waals surface area contributed by atoms with Gasteiger partial charge < -0.3 is 9.84 Å². The Morgan fingerprint density at radius 3 is 2.41 bits per heavy atom. The van der Waals surface area contributed by atoms with Crippen LogP contribution in [0.5, 0.6) is 0 Å². The molecule has 4 nitrogen and oxygen atoms in total. The number of carboxylic acids is 1. The highest BCUT2D eigenvalue weighted by atomic mass is 19.1. The van der Waals surface area contributed by atoms with Crippen molar-refractivity contribution in [3.63, 3.8) is 0 Å². The monoisotopic (exact) mass is 239 g/mol. The van der Waals surface area contributed by atoms with Gasteiger partial charge in [0.05, 0.1) is 13.2 Å². The first-order valence-corrected chi connectivity index (χ1v) is 5.48. The lowest BCUT2D eigenvalue weighted by molar-refractivity contribution is -0.145. The van der Waals surface area contributed by atoms with Crippen molar-refractivity contribution in [3.05, 3.63) is 35.6 Å². The van der Waals surface area contributed by atoms with Crippen LogP contribution in [0.2, 0.25) is 0 Å². The van der Waals surface area contributed by atoms with Gasteiger partial charge in [-0.2, -0.15) is 0 Å². The summed E-state index contributed by atoms with van der Waals surface area (Å²) in [7, 11) is 0. The normalized spacial score (nSPS) is 18.9. The SMILES string of the molecule is O=C(O)[C@@H](c1ccc(F)cc1)N1CCOCC1. The molecule has 0 aromatic heterocycles. The van der Waals surface area contributed by atoms with Crippen molar-refractivity contribution in [1.82, 2.24) is 4.90 Å². The Balaban J connectivity index is 2.21. The van der Waals surface area contributed by atoms with Crippen molar-refractivity contribution in [3.8, 4) is 0 Å². The fourth-order valence-electron chi connectivity index (χ4n) is 1.99. The van der Waals surface area contributed by atoms with Crippen molar-refractivity contribution in [2.24, 2.45) is 0 Å². The summed E-state index contributed by atoms with van der Waals surface area (Å²) < 4.78 is 18.0. The van der Waals surface area contributed by atoms with E-state index in [1.165, 1.54) is 24.3 Å². The number of carbonyl (C=O) groups is 1. The van der Waals surface area contributed by atoms with E-state index >= 15 is 0 Å². The molecule has 1 aliphatic rings. The van der Waals surface area contributed by atoms with Crippen LogP contribution in [0.1, 0.15) is 11.6 Å². The quantitative estimate of drug-likeness (QED) is 0.863. The summed E-state index contributed by atoms with van der Waals surface area (Å²) in [4.78, 5) is 13.1. The van der Waals surface area contributed by atoms with E-state index in [0.29, 0.717) is 31.9 Å². The zero-order valence-corrected chi connectivity index (χ0v) is 9.30. The standard InChI is InChI=1S/C12H14FNO3/c13-10-3-1-9(2-4-10)11(12(15)16)14-5-7-17-8-6-14/h1-4,11H,5-8H2,(H,15,16)/t11-/m1/s1. The van der Waals surface area contributed by atoms with Crippen LogP contribution in [0.25, 0.3) is 0 Å². The van der Waals surface area contributed by atoms with E-state index in [1.807, 2.05) is 4.90 Å². The number of nitrogens with zero attached hydrogens (tertiary/aromatic N) is 1. The van der Waals surface area contributed by atoms with Gasteiger partial charge in [-0.15, -0.1) is 0 Å². The molecule has 5 heteroatoms. The van der Waals surface area contributed by atoms with Crippen molar-refractivity contribution >= 4 is 5.97 Å². The van der Waals surface area contributed by atoms with Crippen molar-refractivity contribution in [2.45, 2.75) is 6.04 Å². The molecule has 0 radical (unpaired) electrons. The molecule has 17 heavy (non-hydrogen) atoms. The minimum Gasteiger partial charge on any atom is -0.480 e. The van der Waals surface area contributed by atoms with Crippen LogP contribution in [0.4, 0.5) is 4.39 Å². The number of halogens is 1. The lowest BCUT2D eigenvalue weighted by atomic mass is 10.0. The van der Waals surface area contributed by atoms with E-state index in [2.05, 4.69) is 0 Å².